The summed E-state index contributed by atoms with van der Waals surface area (Å²) in [5, 5.41) is 12.3. The van der Waals surface area contributed by atoms with Crippen LogP contribution in [-0.2, 0) is 0 Å². The van der Waals surface area contributed by atoms with Gasteiger partial charge in [-0.3, -0.25) is 0 Å². The highest BCUT2D eigenvalue weighted by Gasteiger charge is 2.01. The summed E-state index contributed by atoms with van der Waals surface area (Å²) in [4.78, 5) is 0. The zero-order chi connectivity index (χ0) is 10.4. The van der Waals surface area contributed by atoms with Crippen LogP contribution in [0.1, 0.15) is 5.56 Å². The van der Waals surface area contributed by atoms with Gasteiger partial charge >= 0.3 is 0 Å². The van der Waals surface area contributed by atoms with Crippen LogP contribution in [0.4, 0.5) is 0 Å². The van der Waals surface area contributed by atoms with Crippen LogP contribution in [0.2, 0.25) is 5.02 Å². The molecule has 0 aromatic heterocycles. The zero-order valence-electron chi connectivity index (χ0n) is 7.27. The second kappa shape index (κ2) is 5.10. The number of nitrogens with two attached hydrogens (primary N) is 1. The van der Waals surface area contributed by atoms with Gasteiger partial charge in [-0.05, 0) is 18.2 Å². The first kappa shape index (κ1) is 10.4. The molecule has 0 unspecified atom stereocenters. The molecule has 0 aliphatic rings. The van der Waals surface area contributed by atoms with E-state index >= 15 is 0 Å². The topological polar surface area (TPSA) is 71.4 Å². The molecule has 0 spiro atoms. The average Bonchev–Trinajstić information content (AvgIpc) is 2.17. The molecule has 0 atom stereocenters. The van der Waals surface area contributed by atoms with Crippen molar-refractivity contribution in [1.29, 1.82) is 5.26 Å². The fraction of sp³-hybridized carbons (Fsp3) is 0.111. The summed E-state index contributed by atoms with van der Waals surface area (Å²) in [6.07, 6.45) is 1.42. The average molecular weight is 210 g/mol. The van der Waals surface area contributed by atoms with Crippen LogP contribution in [0.25, 0.3) is 0 Å². The lowest BCUT2D eigenvalue weighted by molar-refractivity contribution is 0.367. The van der Waals surface area contributed by atoms with Crippen molar-refractivity contribution in [3.05, 3.63) is 28.8 Å². The molecule has 0 saturated carbocycles. The van der Waals surface area contributed by atoms with Gasteiger partial charge < -0.3 is 10.6 Å². The number of hydrogen-bond donors (Lipinski definition) is 1. The van der Waals surface area contributed by atoms with Crippen molar-refractivity contribution in [3.63, 3.8) is 0 Å². The van der Waals surface area contributed by atoms with E-state index in [4.69, 9.17) is 27.4 Å². The Morgan fingerprint density at radius 2 is 2.43 bits per heavy atom. The number of benzene rings is 1. The molecule has 1 aromatic rings. The summed E-state index contributed by atoms with van der Waals surface area (Å²) in [6.45, 7) is -0.0208. The minimum Gasteiger partial charge on any atom is -0.478 e. The highest BCUT2D eigenvalue weighted by atomic mass is 35.5. The summed E-state index contributed by atoms with van der Waals surface area (Å²) >= 11 is 5.76. The van der Waals surface area contributed by atoms with Gasteiger partial charge in [0.05, 0.1) is 6.21 Å². The third-order valence-electron chi connectivity index (χ3n) is 1.48. The minimum atomic E-state index is -0.0208. The van der Waals surface area contributed by atoms with E-state index in [0.29, 0.717) is 16.3 Å². The Hall–Kier alpha value is -1.73. The molecule has 5 heteroatoms. The summed E-state index contributed by atoms with van der Waals surface area (Å²) in [7, 11) is 0. The maximum absolute atomic E-state index is 8.34. The van der Waals surface area contributed by atoms with Crippen molar-refractivity contribution < 1.29 is 4.74 Å². The largest absolute Gasteiger partial charge is 0.478 e. The van der Waals surface area contributed by atoms with Crippen molar-refractivity contribution >= 4 is 17.8 Å². The molecule has 0 aliphatic heterocycles. The first-order chi connectivity index (χ1) is 6.77. The normalized spacial score (nSPS) is 10.0. The van der Waals surface area contributed by atoms with Crippen LogP contribution in [0.15, 0.2) is 23.3 Å². The van der Waals surface area contributed by atoms with Crippen molar-refractivity contribution in [3.8, 4) is 11.8 Å². The summed E-state index contributed by atoms with van der Waals surface area (Å²) in [6, 6.07) is 6.86. The van der Waals surface area contributed by atoms with Crippen LogP contribution >= 0.6 is 11.6 Å². The SMILES string of the molecule is N#CCOc1ccc(Cl)cc1C=NN. The van der Waals surface area contributed by atoms with Crippen molar-refractivity contribution in [2.24, 2.45) is 10.9 Å². The number of ether oxygens (including phenoxy) is 1. The quantitative estimate of drug-likeness (QED) is 0.466. The summed E-state index contributed by atoms with van der Waals surface area (Å²) in [5.41, 5.74) is 0.648. The molecule has 0 amide bonds. The molecule has 4 nitrogen and oxygen atoms in total. The second-order valence-electron chi connectivity index (χ2n) is 2.41. The molecule has 14 heavy (non-hydrogen) atoms. The van der Waals surface area contributed by atoms with Gasteiger partial charge in [-0.25, -0.2) is 0 Å². The second-order valence-corrected chi connectivity index (χ2v) is 2.84. The molecule has 0 aliphatic carbocycles. The van der Waals surface area contributed by atoms with Crippen molar-refractivity contribution in [2.45, 2.75) is 0 Å². The minimum absolute atomic E-state index is 0.0208. The molecule has 1 aromatic carbocycles. The lowest BCUT2D eigenvalue weighted by Crippen LogP contribution is -1.98. The van der Waals surface area contributed by atoms with Gasteiger partial charge in [0, 0.05) is 10.6 Å². The smallest absolute Gasteiger partial charge is 0.174 e. The highest BCUT2D eigenvalue weighted by molar-refractivity contribution is 6.30. The molecular weight excluding hydrogens is 202 g/mol. The fourth-order valence-corrected chi connectivity index (χ4v) is 1.12. The van der Waals surface area contributed by atoms with Crippen LogP contribution in [0.5, 0.6) is 5.75 Å². The van der Waals surface area contributed by atoms with E-state index in [1.807, 2.05) is 6.07 Å². The zero-order valence-corrected chi connectivity index (χ0v) is 8.03. The lowest BCUT2D eigenvalue weighted by Gasteiger charge is -2.05. The standard InChI is InChI=1S/C9H8ClN3O/c10-8-1-2-9(14-4-3-11)7(5-8)6-13-12/h1-2,5-6H,4,12H2. The molecule has 2 N–H and O–H groups in total. The number of nitrogens with zero attached hydrogens (tertiary/aromatic N) is 2. The number of halogens is 1. The van der Waals surface area contributed by atoms with Gasteiger partial charge in [0.25, 0.3) is 0 Å². The highest BCUT2D eigenvalue weighted by Crippen LogP contribution is 2.21. The Balaban J connectivity index is 2.97. The van der Waals surface area contributed by atoms with Crippen LogP contribution in [-0.4, -0.2) is 12.8 Å². The Morgan fingerprint density at radius 3 is 3.07 bits per heavy atom. The molecular formula is C9H8ClN3O. The van der Waals surface area contributed by atoms with E-state index in [1.165, 1.54) is 6.21 Å². The van der Waals surface area contributed by atoms with Crippen molar-refractivity contribution in [2.75, 3.05) is 6.61 Å². The first-order valence-corrected chi connectivity index (χ1v) is 4.18. The van der Waals surface area contributed by atoms with Gasteiger partial charge in [0.1, 0.15) is 11.8 Å². The van der Waals surface area contributed by atoms with E-state index < -0.39 is 0 Å². The van der Waals surface area contributed by atoms with Crippen LogP contribution < -0.4 is 10.6 Å². The molecule has 1 rings (SSSR count). The van der Waals surface area contributed by atoms with E-state index in [2.05, 4.69) is 5.10 Å². The molecule has 0 saturated heterocycles. The predicted molar refractivity (Wildman–Crippen MR) is 54.3 cm³/mol. The Bertz CT molecular complexity index is 384. The first-order valence-electron chi connectivity index (χ1n) is 3.80. The van der Waals surface area contributed by atoms with E-state index in [0.717, 1.165) is 0 Å². The summed E-state index contributed by atoms with van der Waals surface area (Å²) < 4.78 is 5.13. The molecule has 72 valence electrons. The van der Waals surface area contributed by atoms with Crippen molar-refractivity contribution in [1.82, 2.24) is 0 Å². The molecule has 0 bridgehead atoms. The monoisotopic (exact) mass is 209 g/mol. The third-order valence-corrected chi connectivity index (χ3v) is 1.71. The molecule has 0 fully saturated rings. The third kappa shape index (κ3) is 2.64. The predicted octanol–water partition coefficient (Wildman–Crippen LogP) is 1.53. The number of hydrogen-bond acceptors (Lipinski definition) is 4. The maximum Gasteiger partial charge on any atom is 0.174 e. The Labute approximate surface area is 86.5 Å². The number of hydrazone groups is 1. The van der Waals surface area contributed by atoms with Gasteiger partial charge in [-0.2, -0.15) is 10.4 Å². The number of rotatable bonds is 3. The number of nitriles is 1. The van der Waals surface area contributed by atoms with Gasteiger partial charge in [-0.15, -0.1) is 0 Å². The maximum atomic E-state index is 8.34. The van der Waals surface area contributed by atoms with E-state index in [-0.39, 0.29) is 6.61 Å². The fourth-order valence-electron chi connectivity index (χ4n) is 0.942. The lowest BCUT2D eigenvalue weighted by atomic mass is 10.2. The Morgan fingerprint density at radius 1 is 1.64 bits per heavy atom. The van der Waals surface area contributed by atoms with Crippen LogP contribution in [0.3, 0.4) is 0 Å². The van der Waals surface area contributed by atoms with Crippen LogP contribution in [0, 0.1) is 11.3 Å². The molecule has 0 radical (unpaired) electrons. The Kier molecular flexibility index (Phi) is 3.77. The van der Waals surface area contributed by atoms with Gasteiger partial charge in [0.15, 0.2) is 6.61 Å². The summed E-state index contributed by atoms with van der Waals surface area (Å²) in [5.74, 6) is 5.55. The van der Waals surface area contributed by atoms with Gasteiger partial charge in [-0.1, -0.05) is 11.6 Å². The van der Waals surface area contributed by atoms with E-state index in [9.17, 15) is 0 Å². The van der Waals surface area contributed by atoms with E-state index in [1.54, 1.807) is 18.2 Å². The molecule has 0 heterocycles. The van der Waals surface area contributed by atoms with Gasteiger partial charge in [0.2, 0.25) is 0 Å².